The first-order valence-electron chi connectivity index (χ1n) is 6.46. The third-order valence-electron chi connectivity index (χ3n) is 3.29. The normalized spacial score (nSPS) is 19.4. The van der Waals surface area contributed by atoms with Crippen molar-refractivity contribution in [3.63, 3.8) is 0 Å². The molecule has 0 bridgehead atoms. The predicted molar refractivity (Wildman–Crippen MR) is 70.2 cm³/mol. The summed E-state index contributed by atoms with van der Waals surface area (Å²) in [5.41, 5.74) is 0.731. The molecule has 1 aliphatic rings. The molecule has 0 saturated carbocycles. The van der Waals surface area contributed by atoms with Crippen LogP contribution >= 0.6 is 11.5 Å². The van der Waals surface area contributed by atoms with Gasteiger partial charge in [-0.3, -0.25) is 9.59 Å². The number of aryl methyl sites for hydroxylation is 1. The highest BCUT2D eigenvalue weighted by Gasteiger charge is 2.30. The first kappa shape index (κ1) is 13.9. The number of likely N-dealkylation sites (tertiary alicyclic amines) is 1. The molecule has 19 heavy (non-hydrogen) atoms. The Kier molecular flexibility index (Phi) is 4.47. The van der Waals surface area contributed by atoms with Gasteiger partial charge >= 0.3 is 5.97 Å². The molecule has 1 aliphatic heterocycles. The summed E-state index contributed by atoms with van der Waals surface area (Å²) in [6.07, 6.45) is 3.01. The first-order chi connectivity index (χ1) is 9.13. The van der Waals surface area contributed by atoms with Gasteiger partial charge in [0.25, 0.3) is 5.91 Å². The highest BCUT2D eigenvalue weighted by atomic mass is 32.1. The Balaban J connectivity index is 2.10. The summed E-state index contributed by atoms with van der Waals surface area (Å²) >= 11 is 1.10. The van der Waals surface area contributed by atoms with E-state index in [1.54, 1.807) is 4.90 Å². The lowest BCUT2D eigenvalue weighted by atomic mass is 9.98. The Morgan fingerprint density at radius 3 is 3.00 bits per heavy atom. The van der Waals surface area contributed by atoms with Crippen LogP contribution < -0.4 is 0 Å². The second kappa shape index (κ2) is 6.10. The van der Waals surface area contributed by atoms with Crippen LogP contribution in [0.3, 0.4) is 0 Å². The summed E-state index contributed by atoms with van der Waals surface area (Å²) in [5.74, 6) is -1.40. The molecule has 2 rings (SSSR count). The minimum absolute atomic E-state index is 0.121. The molecule has 0 unspecified atom stereocenters. The highest BCUT2D eigenvalue weighted by Crippen LogP contribution is 2.21. The summed E-state index contributed by atoms with van der Waals surface area (Å²) in [5, 5.41) is 13.0. The molecule has 7 heteroatoms. The summed E-state index contributed by atoms with van der Waals surface area (Å²) in [6, 6.07) is 0. The van der Waals surface area contributed by atoms with Gasteiger partial charge in [0.05, 0.1) is 11.6 Å². The van der Waals surface area contributed by atoms with Gasteiger partial charge in [-0.25, -0.2) is 0 Å². The summed E-state index contributed by atoms with van der Waals surface area (Å²) in [4.78, 5) is 25.6. The van der Waals surface area contributed by atoms with Crippen molar-refractivity contribution in [1.82, 2.24) is 14.5 Å². The molecule has 0 aromatic carbocycles. The molecule has 1 fully saturated rings. The molecular weight excluding hydrogens is 266 g/mol. The lowest BCUT2D eigenvalue weighted by Crippen LogP contribution is -2.42. The van der Waals surface area contributed by atoms with Crippen LogP contribution in [0.4, 0.5) is 0 Å². The zero-order valence-corrected chi connectivity index (χ0v) is 11.7. The largest absolute Gasteiger partial charge is 0.481 e. The fourth-order valence-corrected chi connectivity index (χ4v) is 2.95. The van der Waals surface area contributed by atoms with Gasteiger partial charge < -0.3 is 10.0 Å². The Labute approximate surface area is 115 Å². The molecular formula is C12H17N3O3S. The van der Waals surface area contributed by atoms with Gasteiger partial charge in [-0.05, 0) is 30.8 Å². The van der Waals surface area contributed by atoms with Gasteiger partial charge in [-0.1, -0.05) is 17.8 Å². The number of carbonyl (C=O) groups excluding carboxylic acids is 1. The fourth-order valence-electron chi connectivity index (χ4n) is 2.28. The Hall–Kier alpha value is -1.50. The predicted octanol–water partition coefficient (Wildman–Crippen LogP) is 1.43. The van der Waals surface area contributed by atoms with E-state index >= 15 is 0 Å². The maximum Gasteiger partial charge on any atom is 0.308 e. The number of hydrogen-bond acceptors (Lipinski definition) is 5. The number of hydrogen-bond donors (Lipinski definition) is 1. The molecule has 2 heterocycles. The monoisotopic (exact) mass is 283 g/mol. The van der Waals surface area contributed by atoms with E-state index in [1.165, 1.54) is 0 Å². The number of nitrogens with zero attached hydrogens (tertiary/aromatic N) is 3. The van der Waals surface area contributed by atoms with Crippen molar-refractivity contribution in [1.29, 1.82) is 0 Å². The van der Waals surface area contributed by atoms with E-state index in [4.69, 9.17) is 5.11 Å². The van der Waals surface area contributed by atoms with Crippen LogP contribution in [0.15, 0.2) is 0 Å². The number of amides is 1. The SMILES string of the molecule is CCCc1nnsc1C(=O)N1CCC[C@@H](C(=O)O)C1. The number of aliphatic carboxylic acids is 1. The smallest absolute Gasteiger partial charge is 0.308 e. The molecule has 6 nitrogen and oxygen atoms in total. The number of carbonyl (C=O) groups is 2. The van der Waals surface area contributed by atoms with Crippen molar-refractivity contribution < 1.29 is 14.7 Å². The second-order valence-electron chi connectivity index (χ2n) is 4.73. The number of carboxylic acids is 1. The number of rotatable bonds is 4. The lowest BCUT2D eigenvalue weighted by molar-refractivity contribution is -0.143. The topological polar surface area (TPSA) is 83.4 Å². The summed E-state index contributed by atoms with van der Waals surface area (Å²) < 4.78 is 3.84. The molecule has 1 atom stereocenters. The molecule has 0 aliphatic carbocycles. The van der Waals surface area contributed by atoms with E-state index in [2.05, 4.69) is 9.59 Å². The number of piperidine rings is 1. The number of carboxylic acid groups (broad SMARTS) is 1. The number of aromatic nitrogens is 2. The van der Waals surface area contributed by atoms with Crippen molar-refractivity contribution >= 4 is 23.4 Å². The van der Waals surface area contributed by atoms with Gasteiger partial charge in [-0.2, -0.15) is 0 Å². The van der Waals surface area contributed by atoms with E-state index < -0.39 is 11.9 Å². The minimum Gasteiger partial charge on any atom is -0.481 e. The van der Waals surface area contributed by atoms with Gasteiger partial charge in [0.15, 0.2) is 0 Å². The average Bonchev–Trinajstić information content (AvgIpc) is 2.86. The molecule has 1 saturated heterocycles. The highest BCUT2D eigenvalue weighted by molar-refractivity contribution is 7.08. The Morgan fingerprint density at radius 2 is 2.32 bits per heavy atom. The zero-order chi connectivity index (χ0) is 13.8. The fraction of sp³-hybridized carbons (Fsp3) is 0.667. The van der Waals surface area contributed by atoms with Crippen LogP contribution in [-0.2, 0) is 11.2 Å². The van der Waals surface area contributed by atoms with E-state index in [1.807, 2.05) is 6.92 Å². The third kappa shape index (κ3) is 3.09. The average molecular weight is 283 g/mol. The summed E-state index contributed by atoms with van der Waals surface area (Å²) in [7, 11) is 0. The molecule has 1 amide bonds. The van der Waals surface area contributed by atoms with Gasteiger partial charge in [0, 0.05) is 13.1 Å². The Morgan fingerprint density at radius 1 is 1.53 bits per heavy atom. The van der Waals surface area contributed by atoms with Gasteiger partial charge in [-0.15, -0.1) is 5.10 Å². The Bertz CT molecular complexity index is 475. The molecule has 104 valence electrons. The molecule has 1 N–H and O–H groups in total. The van der Waals surface area contributed by atoms with Crippen molar-refractivity contribution in [2.24, 2.45) is 5.92 Å². The van der Waals surface area contributed by atoms with Gasteiger partial charge in [0.1, 0.15) is 4.88 Å². The van der Waals surface area contributed by atoms with Crippen molar-refractivity contribution in [2.45, 2.75) is 32.6 Å². The van der Waals surface area contributed by atoms with E-state index in [0.717, 1.165) is 36.5 Å². The first-order valence-corrected chi connectivity index (χ1v) is 7.24. The molecule has 0 radical (unpaired) electrons. The summed E-state index contributed by atoms with van der Waals surface area (Å²) in [6.45, 7) is 2.93. The quantitative estimate of drug-likeness (QED) is 0.903. The van der Waals surface area contributed by atoms with Crippen LogP contribution in [0, 0.1) is 5.92 Å². The zero-order valence-electron chi connectivity index (χ0n) is 10.8. The van der Waals surface area contributed by atoms with E-state index in [9.17, 15) is 9.59 Å². The minimum atomic E-state index is -0.825. The molecule has 1 aromatic rings. The maximum atomic E-state index is 12.4. The second-order valence-corrected chi connectivity index (χ2v) is 5.48. The van der Waals surface area contributed by atoms with Crippen LogP contribution in [0.2, 0.25) is 0 Å². The maximum absolute atomic E-state index is 12.4. The molecule has 1 aromatic heterocycles. The van der Waals surface area contributed by atoms with Gasteiger partial charge in [0.2, 0.25) is 0 Å². The van der Waals surface area contributed by atoms with Crippen molar-refractivity contribution in [2.75, 3.05) is 13.1 Å². The van der Waals surface area contributed by atoms with E-state index in [-0.39, 0.29) is 12.5 Å². The third-order valence-corrected chi connectivity index (χ3v) is 4.05. The molecule has 0 spiro atoms. The van der Waals surface area contributed by atoms with E-state index in [0.29, 0.717) is 17.8 Å². The van der Waals surface area contributed by atoms with Crippen molar-refractivity contribution in [3.8, 4) is 0 Å². The lowest BCUT2D eigenvalue weighted by Gasteiger charge is -2.30. The van der Waals surface area contributed by atoms with Crippen LogP contribution in [0.5, 0.6) is 0 Å². The van der Waals surface area contributed by atoms with Crippen LogP contribution in [0.25, 0.3) is 0 Å². The van der Waals surface area contributed by atoms with Crippen LogP contribution in [0.1, 0.15) is 41.6 Å². The van der Waals surface area contributed by atoms with Crippen molar-refractivity contribution in [3.05, 3.63) is 10.6 Å². The standard InChI is InChI=1S/C12H17N3O3S/c1-2-4-9-10(19-14-13-9)11(16)15-6-3-5-8(7-15)12(17)18/h8H,2-7H2,1H3,(H,17,18)/t8-/m1/s1. The van der Waals surface area contributed by atoms with Crippen LogP contribution in [-0.4, -0.2) is 44.6 Å².